The lowest BCUT2D eigenvalue weighted by atomic mass is 9.83. The van der Waals surface area contributed by atoms with Crippen molar-refractivity contribution in [3.8, 4) is 0 Å². The van der Waals surface area contributed by atoms with Gasteiger partial charge in [-0.25, -0.2) is 0 Å². The normalized spacial score (nSPS) is 18.3. The highest BCUT2D eigenvalue weighted by atomic mass is 79.9. The molecule has 0 saturated heterocycles. The van der Waals surface area contributed by atoms with Gasteiger partial charge < -0.3 is 5.32 Å². The standard InChI is InChI=1S/C14H19BrClNS/c1-17-9-11(10-5-3-2-4-6-10)7-12-8-13(15)14(16)18-12/h7-8,10,17H,2-6,9H2,1H3. The predicted octanol–water partition coefficient (Wildman–Crippen LogP) is 5.35. The molecule has 2 rings (SSSR count). The van der Waals surface area contributed by atoms with E-state index in [0.29, 0.717) is 0 Å². The quantitative estimate of drug-likeness (QED) is 0.773. The third-order valence-corrected chi connectivity index (χ3v) is 5.92. The average Bonchev–Trinajstić information content (AvgIpc) is 2.69. The van der Waals surface area contributed by atoms with Gasteiger partial charge in [0.25, 0.3) is 0 Å². The smallest absolute Gasteiger partial charge is 0.108 e. The topological polar surface area (TPSA) is 12.0 Å². The van der Waals surface area contributed by atoms with E-state index >= 15 is 0 Å². The Bertz CT molecular complexity index is 402. The Morgan fingerprint density at radius 3 is 2.78 bits per heavy atom. The van der Waals surface area contributed by atoms with Crippen LogP contribution in [0, 0.1) is 5.92 Å². The summed E-state index contributed by atoms with van der Waals surface area (Å²) < 4.78 is 1.85. The fraction of sp³-hybridized carbons (Fsp3) is 0.571. The Labute approximate surface area is 127 Å². The molecule has 4 heteroatoms. The van der Waals surface area contributed by atoms with Gasteiger partial charge in [-0.05, 0) is 53.9 Å². The lowest BCUT2D eigenvalue weighted by Crippen LogP contribution is -2.18. The van der Waals surface area contributed by atoms with Crippen LogP contribution < -0.4 is 5.32 Å². The van der Waals surface area contributed by atoms with E-state index in [2.05, 4.69) is 33.4 Å². The second-order valence-electron chi connectivity index (χ2n) is 4.85. The van der Waals surface area contributed by atoms with E-state index in [1.807, 2.05) is 7.05 Å². The van der Waals surface area contributed by atoms with Gasteiger partial charge in [-0.3, -0.25) is 0 Å². The summed E-state index contributed by atoms with van der Waals surface area (Å²) in [5.74, 6) is 0.755. The molecule has 1 N–H and O–H groups in total. The maximum atomic E-state index is 6.10. The summed E-state index contributed by atoms with van der Waals surface area (Å²) in [5.41, 5.74) is 1.53. The summed E-state index contributed by atoms with van der Waals surface area (Å²) in [5, 5.41) is 3.30. The second kappa shape index (κ2) is 7.09. The predicted molar refractivity (Wildman–Crippen MR) is 85.5 cm³/mol. The van der Waals surface area contributed by atoms with Crippen molar-refractivity contribution in [2.24, 2.45) is 5.92 Å². The summed E-state index contributed by atoms with van der Waals surface area (Å²) in [6.45, 7) is 0.984. The number of likely N-dealkylation sites (N-methyl/N-ethyl adjacent to an activating group) is 1. The van der Waals surface area contributed by atoms with Crippen molar-refractivity contribution in [3.63, 3.8) is 0 Å². The molecule has 0 radical (unpaired) electrons. The molecule has 0 aliphatic heterocycles. The van der Waals surface area contributed by atoms with Crippen LogP contribution in [0.4, 0.5) is 0 Å². The molecule has 1 aromatic heterocycles. The van der Waals surface area contributed by atoms with E-state index in [-0.39, 0.29) is 0 Å². The minimum Gasteiger partial charge on any atom is -0.316 e. The molecule has 0 bridgehead atoms. The van der Waals surface area contributed by atoms with Crippen LogP contribution in [0.15, 0.2) is 16.1 Å². The summed E-state index contributed by atoms with van der Waals surface area (Å²) in [4.78, 5) is 1.25. The Hall–Kier alpha value is 0.170. The molecule has 100 valence electrons. The van der Waals surface area contributed by atoms with Crippen LogP contribution >= 0.6 is 38.9 Å². The molecule has 1 aliphatic rings. The summed E-state index contributed by atoms with van der Waals surface area (Å²) in [6, 6.07) is 2.12. The third kappa shape index (κ3) is 3.83. The van der Waals surface area contributed by atoms with Crippen molar-refractivity contribution in [2.45, 2.75) is 32.1 Å². The first kappa shape index (κ1) is 14.6. The fourth-order valence-electron chi connectivity index (χ4n) is 2.61. The first-order valence-electron chi connectivity index (χ1n) is 6.50. The number of rotatable bonds is 4. The lowest BCUT2D eigenvalue weighted by Gasteiger charge is -2.24. The van der Waals surface area contributed by atoms with Gasteiger partial charge in [0.05, 0.1) is 0 Å². The highest BCUT2D eigenvalue weighted by Crippen LogP contribution is 2.35. The third-order valence-electron chi connectivity index (χ3n) is 3.50. The van der Waals surface area contributed by atoms with E-state index < -0.39 is 0 Å². The van der Waals surface area contributed by atoms with E-state index in [4.69, 9.17) is 11.6 Å². The zero-order valence-electron chi connectivity index (χ0n) is 10.6. The highest BCUT2D eigenvalue weighted by molar-refractivity contribution is 9.10. The van der Waals surface area contributed by atoms with Gasteiger partial charge in [-0.1, -0.05) is 36.4 Å². The Morgan fingerprint density at radius 1 is 1.50 bits per heavy atom. The zero-order chi connectivity index (χ0) is 13.0. The van der Waals surface area contributed by atoms with Crippen LogP contribution in [0.2, 0.25) is 4.34 Å². The van der Waals surface area contributed by atoms with Gasteiger partial charge in [0, 0.05) is 15.9 Å². The second-order valence-corrected chi connectivity index (χ2v) is 7.40. The van der Waals surface area contributed by atoms with Crippen molar-refractivity contribution in [3.05, 3.63) is 25.3 Å². The summed E-state index contributed by atoms with van der Waals surface area (Å²) in [7, 11) is 2.02. The molecule has 0 amide bonds. The van der Waals surface area contributed by atoms with E-state index in [0.717, 1.165) is 21.3 Å². The van der Waals surface area contributed by atoms with Crippen LogP contribution in [0.1, 0.15) is 37.0 Å². The molecule has 0 spiro atoms. The van der Waals surface area contributed by atoms with Crippen molar-refractivity contribution < 1.29 is 0 Å². The Balaban J connectivity index is 2.17. The number of thiophene rings is 1. The largest absolute Gasteiger partial charge is 0.316 e. The zero-order valence-corrected chi connectivity index (χ0v) is 13.8. The molecule has 1 aromatic rings. The minimum atomic E-state index is 0.755. The molecule has 1 saturated carbocycles. The van der Waals surface area contributed by atoms with Crippen molar-refractivity contribution in [1.82, 2.24) is 5.32 Å². The van der Waals surface area contributed by atoms with E-state index in [9.17, 15) is 0 Å². The van der Waals surface area contributed by atoms with Gasteiger partial charge in [-0.15, -0.1) is 11.3 Å². The molecule has 1 heterocycles. The Kier molecular flexibility index (Phi) is 5.74. The number of hydrogen-bond donors (Lipinski definition) is 1. The van der Waals surface area contributed by atoms with Gasteiger partial charge >= 0.3 is 0 Å². The van der Waals surface area contributed by atoms with Gasteiger partial charge in [0.1, 0.15) is 4.34 Å². The maximum Gasteiger partial charge on any atom is 0.108 e. The monoisotopic (exact) mass is 347 g/mol. The molecule has 0 atom stereocenters. The molecule has 18 heavy (non-hydrogen) atoms. The van der Waals surface area contributed by atoms with Crippen LogP contribution in [0.25, 0.3) is 6.08 Å². The minimum absolute atomic E-state index is 0.755. The maximum absolute atomic E-state index is 6.10. The summed E-state index contributed by atoms with van der Waals surface area (Å²) >= 11 is 11.2. The SMILES string of the molecule is CNCC(=Cc1cc(Br)c(Cl)s1)C1CCCCC1. The first-order valence-corrected chi connectivity index (χ1v) is 8.49. The molecule has 0 unspecified atom stereocenters. The van der Waals surface area contributed by atoms with Crippen LogP contribution in [-0.4, -0.2) is 13.6 Å². The van der Waals surface area contributed by atoms with Crippen LogP contribution in [0.5, 0.6) is 0 Å². The van der Waals surface area contributed by atoms with Gasteiger partial charge in [0.15, 0.2) is 0 Å². The van der Waals surface area contributed by atoms with Crippen molar-refractivity contribution in [1.29, 1.82) is 0 Å². The van der Waals surface area contributed by atoms with Gasteiger partial charge in [0.2, 0.25) is 0 Å². The van der Waals surface area contributed by atoms with Gasteiger partial charge in [-0.2, -0.15) is 0 Å². The highest BCUT2D eigenvalue weighted by Gasteiger charge is 2.17. The number of hydrogen-bond acceptors (Lipinski definition) is 2. The molecule has 1 fully saturated rings. The Morgan fingerprint density at radius 2 is 2.22 bits per heavy atom. The van der Waals surface area contributed by atoms with Crippen LogP contribution in [-0.2, 0) is 0 Å². The van der Waals surface area contributed by atoms with Crippen molar-refractivity contribution >= 4 is 44.9 Å². The van der Waals surface area contributed by atoms with E-state index in [1.54, 1.807) is 11.3 Å². The summed E-state index contributed by atoms with van der Waals surface area (Å²) in [6.07, 6.45) is 9.16. The average molecular weight is 349 g/mol. The lowest BCUT2D eigenvalue weighted by molar-refractivity contribution is 0.398. The number of halogens is 2. The van der Waals surface area contributed by atoms with Crippen LogP contribution in [0.3, 0.4) is 0 Å². The van der Waals surface area contributed by atoms with Crippen molar-refractivity contribution in [2.75, 3.05) is 13.6 Å². The molecular formula is C14H19BrClNS. The molecule has 0 aromatic carbocycles. The first-order chi connectivity index (χ1) is 8.70. The number of nitrogens with one attached hydrogen (secondary N) is 1. The molecular weight excluding hydrogens is 330 g/mol. The fourth-order valence-corrected chi connectivity index (χ4v) is 4.32. The van der Waals surface area contributed by atoms with E-state index in [1.165, 1.54) is 42.6 Å². The molecule has 1 nitrogen and oxygen atoms in total. The molecule has 1 aliphatic carbocycles.